The molecule has 0 unspecified atom stereocenters. The van der Waals surface area contributed by atoms with Gasteiger partial charge in [-0.1, -0.05) is 66.7 Å². The maximum atomic E-state index is 12.0. The van der Waals surface area contributed by atoms with Crippen molar-refractivity contribution in [2.75, 3.05) is 24.6 Å². The van der Waals surface area contributed by atoms with Crippen LogP contribution in [0.15, 0.2) is 109 Å². The zero-order valence-corrected chi connectivity index (χ0v) is 25.3. The quantitative estimate of drug-likeness (QED) is 0.149. The summed E-state index contributed by atoms with van der Waals surface area (Å²) in [5.74, 6) is 1.63. The van der Waals surface area contributed by atoms with Crippen LogP contribution in [-0.2, 0) is 23.1 Å². The van der Waals surface area contributed by atoms with Crippen molar-refractivity contribution in [1.82, 2.24) is 9.88 Å². The third kappa shape index (κ3) is 8.55. The number of para-hydroxylation sites is 1. The maximum absolute atomic E-state index is 12.0. The highest BCUT2D eigenvalue weighted by atomic mass is 32.2. The SMILES string of the molecule is CN(C[C@H](O)c1ccc(OCc2ccccc2)c(NS(C)(=O)=O)c1)[C@@H](O)Cc1ccc(Oc2cnc3ccccc3c2)cc1. The number of aliphatic hydroxyl groups is 2. The van der Waals surface area contributed by atoms with Crippen molar-refractivity contribution in [3.63, 3.8) is 0 Å². The van der Waals surface area contributed by atoms with Gasteiger partial charge in [-0.3, -0.25) is 14.6 Å². The molecule has 5 rings (SSSR count). The van der Waals surface area contributed by atoms with Gasteiger partial charge in [0.25, 0.3) is 0 Å². The first-order chi connectivity index (χ1) is 21.1. The van der Waals surface area contributed by atoms with E-state index < -0.39 is 22.4 Å². The van der Waals surface area contributed by atoms with E-state index in [9.17, 15) is 18.6 Å². The molecule has 1 heterocycles. The fraction of sp³-hybridized carbons (Fsp3) is 0.206. The third-order valence-electron chi connectivity index (χ3n) is 7.03. The Kier molecular flexibility index (Phi) is 9.76. The fourth-order valence-corrected chi connectivity index (χ4v) is 5.26. The molecule has 1 aromatic heterocycles. The van der Waals surface area contributed by atoms with E-state index in [1.807, 2.05) is 84.9 Å². The minimum absolute atomic E-state index is 0.111. The predicted molar refractivity (Wildman–Crippen MR) is 171 cm³/mol. The molecule has 44 heavy (non-hydrogen) atoms. The van der Waals surface area contributed by atoms with Gasteiger partial charge in [0, 0.05) is 18.4 Å². The standard InChI is InChI=1S/C34H35N3O6S/c1-37(34(39)18-24-12-15-28(16-13-24)43-29-19-26-10-6-7-11-30(26)35-21-29)22-32(38)27-14-17-33(31(20-27)36-44(2,40)41)42-23-25-8-4-3-5-9-25/h3-17,19-21,32,34,36,38-39H,18,22-23H2,1-2H3/t32-,34-/m0/s1. The minimum Gasteiger partial charge on any atom is -0.487 e. The van der Waals surface area contributed by atoms with E-state index in [-0.39, 0.29) is 18.8 Å². The number of aliphatic hydroxyl groups excluding tert-OH is 2. The van der Waals surface area contributed by atoms with Crippen molar-refractivity contribution in [3.05, 3.63) is 126 Å². The Morgan fingerprint density at radius 2 is 1.59 bits per heavy atom. The van der Waals surface area contributed by atoms with Crippen LogP contribution in [0.5, 0.6) is 17.2 Å². The number of rotatable bonds is 13. The number of nitrogens with zero attached hydrogens (tertiary/aromatic N) is 2. The van der Waals surface area contributed by atoms with E-state index in [2.05, 4.69) is 9.71 Å². The summed E-state index contributed by atoms with van der Waals surface area (Å²) in [6.07, 6.45) is 1.20. The first-order valence-corrected chi connectivity index (χ1v) is 16.0. The molecule has 9 nitrogen and oxygen atoms in total. The predicted octanol–water partition coefficient (Wildman–Crippen LogP) is 5.50. The lowest BCUT2D eigenvalue weighted by atomic mass is 10.1. The Hall–Kier alpha value is -4.48. The summed E-state index contributed by atoms with van der Waals surface area (Å²) in [4.78, 5) is 6.06. The Morgan fingerprint density at radius 1 is 0.864 bits per heavy atom. The molecule has 4 aromatic carbocycles. The molecular weight excluding hydrogens is 578 g/mol. The number of nitrogens with one attached hydrogen (secondary N) is 1. The molecule has 0 amide bonds. The Bertz CT molecular complexity index is 1800. The van der Waals surface area contributed by atoms with Gasteiger partial charge in [0.05, 0.1) is 29.8 Å². The van der Waals surface area contributed by atoms with Crippen molar-refractivity contribution < 1.29 is 28.1 Å². The van der Waals surface area contributed by atoms with E-state index >= 15 is 0 Å². The van der Waals surface area contributed by atoms with E-state index in [1.165, 1.54) is 0 Å². The molecule has 0 aliphatic carbocycles. The lowest BCUT2D eigenvalue weighted by Crippen LogP contribution is -2.36. The van der Waals surface area contributed by atoms with E-state index in [4.69, 9.17) is 9.47 Å². The highest BCUT2D eigenvalue weighted by Gasteiger charge is 2.19. The van der Waals surface area contributed by atoms with Crippen molar-refractivity contribution in [2.45, 2.75) is 25.4 Å². The highest BCUT2D eigenvalue weighted by Crippen LogP contribution is 2.31. The smallest absolute Gasteiger partial charge is 0.229 e. The number of anilines is 1. The van der Waals surface area contributed by atoms with Crippen LogP contribution in [0.4, 0.5) is 5.69 Å². The zero-order chi connectivity index (χ0) is 31.1. The minimum atomic E-state index is -3.60. The van der Waals surface area contributed by atoms with Crippen LogP contribution in [0.1, 0.15) is 22.8 Å². The largest absolute Gasteiger partial charge is 0.487 e. The topological polar surface area (TPSA) is 121 Å². The number of ether oxygens (including phenoxy) is 2. The third-order valence-corrected chi connectivity index (χ3v) is 7.62. The summed E-state index contributed by atoms with van der Waals surface area (Å²) >= 11 is 0. The second-order valence-corrected chi connectivity index (χ2v) is 12.4. The molecule has 5 aromatic rings. The number of fused-ring (bicyclic) bond motifs is 1. The average molecular weight is 614 g/mol. The van der Waals surface area contributed by atoms with E-state index in [0.29, 0.717) is 29.2 Å². The van der Waals surface area contributed by atoms with Crippen molar-refractivity contribution in [2.24, 2.45) is 0 Å². The van der Waals surface area contributed by atoms with Crippen LogP contribution in [-0.4, -0.2) is 54.6 Å². The molecule has 0 fully saturated rings. The Balaban J connectivity index is 1.19. The van der Waals surface area contributed by atoms with Gasteiger partial charge >= 0.3 is 0 Å². The Morgan fingerprint density at radius 3 is 2.34 bits per heavy atom. The fourth-order valence-electron chi connectivity index (χ4n) is 4.70. The summed E-state index contributed by atoms with van der Waals surface area (Å²) in [7, 11) is -1.89. The normalized spacial score (nSPS) is 13.0. The van der Waals surface area contributed by atoms with Gasteiger partial charge in [-0.05, 0) is 60.1 Å². The van der Waals surface area contributed by atoms with Crippen LogP contribution in [0.2, 0.25) is 0 Å². The summed E-state index contributed by atoms with van der Waals surface area (Å²) in [5.41, 5.74) is 3.43. The lowest BCUT2D eigenvalue weighted by molar-refractivity contribution is -0.00560. The first kappa shape index (κ1) is 31.0. The number of sulfonamides is 1. The summed E-state index contributed by atoms with van der Waals surface area (Å²) in [6, 6.07) is 31.6. The summed E-state index contributed by atoms with van der Waals surface area (Å²) < 4.78 is 38.4. The van der Waals surface area contributed by atoms with Gasteiger partial charge in [0.1, 0.15) is 30.1 Å². The number of hydrogen-bond acceptors (Lipinski definition) is 8. The molecule has 10 heteroatoms. The van der Waals surface area contributed by atoms with Crippen LogP contribution in [0.25, 0.3) is 10.9 Å². The molecule has 0 radical (unpaired) electrons. The molecule has 0 saturated heterocycles. The molecule has 2 atom stereocenters. The summed E-state index contributed by atoms with van der Waals surface area (Å²) in [6.45, 7) is 0.365. The van der Waals surface area contributed by atoms with Gasteiger partial charge in [0.2, 0.25) is 10.0 Å². The molecule has 0 aliphatic rings. The first-order valence-electron chi connectivity index (χ1n) is 14.1. The lowest BCUT2D eigenvalue weighted by Gasteiger charge is -2.26. The highest BCUT2D eigenvalue weighted by molar-refractivity contribution is 7.92. The van der Waals surface area contributed by atoms with Crippen molar-refractivity contribution in [3.8, 4) is 17.2 Å². The number of aromatic nitrogens is 1. The average Bonchev–Trinajstić information content (AvgIpc) is 3.01. The summed E-state index contributed by atoms with van der Waals surface area (Å²) in [5, 5.41) is 22.8. The molecule has 0 spiro atoms. The van der Waals surface area contributed by atoms with Crippen LogP contribution < -0.4 is 14.2 Å². The van der Waals surface area contributed by atoms with Crippen molar-refractivity contribution in [1.29, 1.82) is 0 Å². The molecule has 228 valence electrons. The second kappa shape index (κ2) is 13.9. The maximum Gasteiger partial charge on any atom is 0.229 e. The van der Waals surface area contributed by atoms with Crippen molar-refractivity contribution >= 4 is 26.6 Å². The zero-order valence-electron chi connectivity index (χ0n) is 24.5. The number of hydrogen-bond donors (Lipinski definition) is 3. The molecule has 3 N–H and O–H groups in total. The van der Waals surface area contributed by atoms with E-state index in [1.54, 1.807) is 36.3 Å². The Labute approximate surface area is 257 Å². The van der Waals surface area contributed by atoms with Gasteiger partial charge < -0.3 is 19.7 Å². The van der Waals surface area contributed by atoms with Crippen LogP contribution >= 0.6 is 0 Å². The number of benzene rings is 4. The molecule has 0 aliphatic heterocycles. The van der Waals surface area contributed by atoms with Gasteiger partial charge in [-0.25, -0.2) is 8.42 Å². The van der Waals surface area contributed by atoms with Crippen LogP contribution in [0.3, 0.4) is 0 Å². The van der Waals surface area contributed by atoms with Gasteiger partial charge in [0.15, 0.2) is 0 Å². The second-order valence-electron chi connectivity index (χ2n) is 10.7. The van der Waals surface area contributed by atoms with Gasteiger partial charge in [-0.2, -0.15) is 0 Å². The molecule has 0 bridgehead atoms. The van der Waals surface area contributed by atoms with Crippen LogP contribution in [0, 0.1) is 0 Å². The van der Waals surface area contributed by atoms with Gasteiger partial charge in [-0.15, -0.1) is 0 Å². The number of likely N-dealkylation sites (N-methyl/N-ethyl adjacent to an activating group) is 1. The number of pyridine rings is 1. The molecular formula is C34H35N3O6S. The molecule has 0 saturated carbocycles. The monoisotopic (exact) mass is 613 g/mol. The van der Waals surface area contributed by atoms with E-state index in [0.717, 1.165) is 28.3 Å².